The molecule has 0 heterocycles. The number of rotatable bonds is 4. The van der Waals surface area contributed by atoms with Crippen LogP contribution in [0.15, 0.2) is 18.2 Å². The maximum absolute atomic E-state index is 11.2. The highest BCUT2D eigenvalue weighted by Crippen LogP contribution is 2.23. The molecule has 1 aromatic rings. The van der Waals surface area contributed by atoms with E-state index in [2.05, 4.69) is 0 Å². The quantitative estimate of drug-likeness (QED) is 0.715. The van der Waals surface area contributed by atoms with Gasteiger partial charge in [0.05, 0.1) is 7.11 Å². The number of ketones is 1. The zero-order chi connectivity index (χ0) is 10.6. The molecule has 0 N–H and O–H groups in total. The third-order valence-corrected chi connectivity index (χ3v) is 2.59. The Kier molecular flexibility index (Phi) is 4.01. The van der Waals surface area contributed by atoms with Crippen LogP contribution in [0.3, 0.4) is 0 Å². The zero-order valence-electron chi connectivity index (χ0n) is 8.66. The average molecular weight is 210 g/mol. The number of hydrogen-bond acceptors (Lipinski definition) is 3. The van der Waals surface area contributed by atoms with Crippen molar-refractivity contribution < 1.29 is 9.53 Å². The van der Waals surface area contributed by atoms with E-state index in [-0.39, 0.29) is 5.78 Å². The Morgan fingerprint density at radius 3 is 2.71 bits per heavy atom. The lowest BCUT2D eigenvalue weighted by Crippen LogP contribution is -1.96. The Morgan fingerprint density at radius 2 is 2.21 bits per heavy atom. The van der Waals surface area contributed by atoms with Crippen LogP contribution in [-0.4, -0.2) is 19.1 Å². The summed E-state index contributed by atoms with van der Waals surface area (Å²) in [6, 6.07) is 5.55. The number of ether oxygens (including phenoxy) is 1. The lowest BCUT2D eigenvalue weighted by atomic mass is 10.1. The highest BCUT2D eigenvalue weighted by Gasteiger charge is 2.06. The first-order valence-corrected chi connectivity index (χ1v) is 5.75. The SMILES string of the molecule is COc1ccc(C(C)=O)cc1CSC. The van der Waals surface area contributed by atoms with Crippen molar-refractivity contribution in [2.75, 3.05) is 13.4 Å². The van der Waals surface area contributed by atoms with Gasteiger partial charge in [-0.15, -0.1) is 0 Å². The largest absolute Gasteiger partial charge is 0.496 e. The van der Waals surface area contributed by atoms with E-state index in [4.69, 9.17) is 4.74 Å². The van der Waals surface area contributed by atoms with Gasteiger partial charge in [0, 0.05) is 16.9 Å². The number of thioether (sulfide) groups is 1. The number of carbonyl (C=O) groups is 1. The Bertz CT molecular complexity index is 334. The van der Waals surface area contributed by atoms with Gasteiger partial charge in [0.1, 0.15) is 5.75 Å². The van der Waals surface area contributed by atoms with E-state index in [9.17, 15) is 4.79 Å². The molecule has 14 heavy (non-hydrogen) atoms. The van der Waals surface area contributed by atoms with Crippen molar-refractivity contribution >= 4 is 17.5 Å². The molecule has 0 aliphatic heterocycles. The Morgan fingerprint density at radius 1 is 1.50 bits per heavy atom. The van der Waals surface area contributed by atoms with Crippen molar-refractivity contribution in [1.82, 2.24) is 0 Å². The zero-order valence-corrected chi connectivity index (χ0v) is 9.48. The lowest BCUT2D eigenvalue weighted by Gasteiger charge is -2.08. The van der Waals surface area contributed by atoms with Gasteiger partial charge in [-0.25, -0.2) is 0 Å². The second-order valence-electron chi connectivity index (χ2n) is 3.02. The van der Waals surface area contributed by atoms with Crippen LogP contribution in [0.4, 0.5) is 0 Å². The van der Waals surface area contributed by atoms with E-state index in [1.807, 2.05) is 18.4 Å². The summed E-state index contributed by atoms with van der Waals surface area (Å²) in [6.07, 6.45) is 2.03. The van der Waals surface area contributed by atoms with Crippen LogP contribution in [0.2, 0.25) is 0 Å². The first kappa shape index (κ1) is 11.1. The van der Waals surface area contributed by atoms with E-state index >= 15 is 0 Å². The molecule has 0 atom stereocenters. The van der Waals surface area contributed by atoms with Crippen molar-refractivity contribution in [1.29, 1.82) is 0 Å². The fraction of sp³-hybridized carbons (Fsp3) is 0.364. The Balaban J connectivity index is 3.07. The molecular formula is C11H14O2S. The summed E-state index contributed by atoms with van der Waals surface area (Å²) in [5.74, 6) is 1.81. The van der Waals surface area contributed by atoms with Crippen LogP contribution >= 0.6 is 11.8 Å². The van der Waals surface area contributed by atoms with Crippen molar-refractivity contribution in [3.8, 4) is 5.75 Å². The van der Waals surface area contributed by atoms with E-state index in [1.165, 1.54) is 0 Å². The summed E-state index contributed by atoms with van der Waals surface area (Å²) in [7, 11) is 1.65. The molecule has 0 aliphatic rings. The molecule has 76 valence electrons. The van der Waals surface area contributed by atoms with Crippen LogP contribution in [0.1, 0.15) is 22.8 Å². The molecule has 0 unspecified atom stereocenters. The number of carbonyl (C=O) groups excluding carboxylic acids is 1. The molecule has 0 saturated heterocycles. The minimum atomic E-state index is 0.0926. The van der Waals surface area contributed by atoms with Gasteiger partial charge in [0.2, 0.25) is 0 Å². The smallest absolute Gasteiger partial charge is 0.159 e. The number of hydrogen-bond donors (Lipinski definition) is 0. The van der Waals surface area contributed by atoms with Crippen molar-refractivity contribution in [3.05, 3.63) is 29.3 Å². The van der Waals surface area contributed by atoms with Gasteiger partial charge < -0.3 is 4.74 Å². The third kappa shape index (κ3) is 2.51. The predicted molar refractivity (Wildman–Crippen MR) is 60.2 cm³/mol. The minimum absolute atomic E-state index is 0.0926. The van der Waals surface area contributed by atoms with Gasteiger partial charge in [-0.3, -0.25) is 4.79 Å². The minimum Gasteiger partial charge on any atom is -0.496 e. The van der Waals surface area contributed by atoms with Gasteiger partial charge in [-0.05, 0) is 31.4 Å². The lowest BCUT2D eigenvalue weighted by molar-refractivity contribution is 0.101. The van der Waals surface area contributed by atoms with Crippen molar-refractivity contribution in [2.45, 2.75) is 12.7 Å². The molecular weight excluding hydrogens is 196 g/mol. The first-order chi connectivity index (χ1) is 6.69. The maximum Gasteiger partial charge on any atom is 0.159 e. The molecule has 0 amide bonds. The molecule has 3 heteroatoms. The first-order valence-electron chi connectivity index (χ1n) is 4.36. The molecule has 0 radical (unpaired) electrons. The number of benzene rings is 1. The van der Waals surface area contributed by atoms with Crippen molar-refractivity contribution in [2.24, 2.45) is 0 Å². The predicted octanol–water partition coefficient (Wildman–Crippen LogP) is 2.76. The molecule has 0 spiro atoms. The Hall–Kier alpha value is -0.960. The summed E-state index contributed by atoms with van der Waals surface area (Å²) in [5, 5.41) is 0. The number of Topliss-reactive ketones (excluding diaryl/α,β-unsaturated/α-hetero) is 1. The average Bonchev–Trinajstić information content (AvgIpc) is 2.18. The van der Waals surface area contributed by atoms with E-state index < -0.39 is 0 Å². The Labute approximate surface area is 88.7 Å². The molecule has 0 bridgehead atoms. The van der Waals surface area contributed by atoms with Gasteiger partial charge >= 0.3 is 0 Å². The molecule has 0 fully saturated rings. The monoisotopic (exact) mass is 210 g/mol. The van der Waals surface area contributed by atoms with E-state index in [0.717, 1.165) is 22.6 Å². The van der Waals surface area contributed by atoms with Crippen LogP contribution in [-0.2, 0) is 5.75 Å². The molecule has 0 aliphatic carbocycles. The maximum atomic E-state index is 11.2. The summed E-state index contributed by atoms with van der Waals surface area (Å²) >= 11 is 1.71. The van der Waals surface area contributed by atoms with Crippen LogP contribution in [0.25, 0.3) is 0 Å². The molecule has 2 nitrogen and oxygen atoms in total. The highest BCUT2D eigenvalue weighted by molar-refractivity contribution is 7.97. The third-order valence-electron chi connectivity index (χ3n) is 1.99. The summed E-state index contributed by atoms with van der Waals surface area (Å²) < 4.78 is 5.21. The van der Waals surface area contributed by atoms with Crippen molar-refractivity contribution in [3.63, 3.8) is 0 Å². The molecule has 0 saturated carbocycles. The second-order valence-corrected chi connectivity index (χ2v) is 3.88. The summed E-state index contributed by atoms with van der Waals surface area (Å²) in [6.45, 7) is 1.57. The standard InChI is InChI=1S/C11H14O2S/c1-8(12)9-4-5-11(13-2)10(6-9)7-14-3/h4-6H,7H2,1-3H3. The van der Waals surface area contributed by atoms with Gasteiger partial charge in [0.25, 0.3) is 0 Å². The van der Waals surface area contributed by atoms with Gasteiger partial charge in [-0.1, -0.05) is 0 Å². The van der Waals surface area contributed by atoms with Crippen LogP contribution in [0, 0.1) is 0 Å². The molecule has 1 aromatic carbocycles. The topological polar surface area (TPSA) is 26.3 Å². The molecule has 1 rings (SSSR count). The van der Waals surface area contributed by atoms with Crippen LogP contribution in [0.5, 0.6) is 5.75 Å². The number of methoxy groups -OCH3 is 1. The fourth-order valence-electron chi connectivity index (χ4n) is 1.27. The van der Waals surface area contributed by atoms with Crippen LogP contribution < -0.4 is 4.74 Å². The van der Waals surface area contributed by atoms with Gasteiger partial charge in [0.15, 0.2) is 5.78 Å². The fourth-order valence-corrected chi connectivity index (χ4v) is 1.80. The van der Waals surface area contributed by atoms with E-state index in [1.54, 1.807) is 31.9 Å². The normalized spacial score (nSPS) is 9.93. The van der Waals surface area contributed by atoms with Gasteiger partial charge in [-0.2, -0.15) is 11.8 Å². The summed E-state index contributed by atoms with van der Waals surface area (Å²) in [5.41, 5.74) is 1.82. The molecule has 0 aromatic heterocycles. The summed E-state index contributed by atoms with van der Waals surface area (Å²) in [4.78, 5) is 11.2. The second kappa shape index (κ2) is 5.05. The highest BCUT2D eigenvalue weighted by atomic mass is 32.2. The van der Waals surface area contributed by atoms with E-state index in [0.29, 0.717) is 0 Å².